The minimum absolute atomic E-state index is 0.516. The molecule has 0 heterocycles. The van der Waals surface area contributed by atoms with Crippen molar-refractivity contribution in [1.82, 2.24) is 0 Å². The SMILES string of the molecule is CC/C=C\C(OC)=C(\Br)C(=NC)OC. The Kier molecular flexibility index (Phi) is 7.20. The molecule has 0 aliphatic heterocycles. The maximum atomic E-state index is 5.18. The van der Waals surface area contributed by atoms with Gasteiger partial charge in [-0.15, -0.1) is 0 Å². The molecule has 0 N–H and O–H groups in total. The zero-order valence-electron chi connectivity index (χ0n) is 9.00. The summed E-state index contributed by atoms with van der Waals surface area (Å²) in [6.07, 6.45) is 4.84. The van der Waals surface area contributed by atoms with Crippen LogP contribution in [0.4, 0.5) is 0 Å². The Balaban J connectivity index is 4.90. The molecule has 3 nitrogen and oxygen atoms in total. The number of rotatable bonds is 4. The van der Waals surface area contributed by atoms with Crippen LogP contribution in [0.2, 0.25) is 0 Å². The van der Waals surface area contributed by atoms with Crippen molar-refractivity contribution < 1.29 is 9.47 Å². The highest BCUT2D eigenvalue weighted by Crippen LogP contribution is 2.16. The highest BCUT2D eigenvalue weighted by Gasteiger charge is 2.08. The van der Waals surface area contributed by atoms with Gasteiger partial charge in [0.15, 0.2) is 0 Å². The molecular formula is C10H16BrNO2. The summed E-state index contributed by atoms with van der Waals surface area (Å²) in [6.45, 7) is 2.06. The highest BCUT2D eigenvalue weighted by atomic mass is 79.9. The van der Waals surface area contributed by atoms with Crippen LogP contribution in [-0.2, 0) is 9.47 Å². The number of halogens is 1. The quantitative estimate of drug-likeness (QED) is 0.337. The number of ether oxygens (including phenoxy) is 2. The van der Waals surface area contributed by atoms with Gasteiger partial charge in [0.1, 0.15) is 10.2 Å². The maximum Gasteiger partial charge on any atom is 0.226 e. The van der Waals surface area contributed by atoms with Gasteiger partial charge in [-0.1, -0.05) is 13.0 Å². The fraction of sp³-hybridized carbons (Fsp3) is 0.500. The fourth-order valence-electron chi connectivity index (χ4n) is 0.840. The Morgan fingerprint density at radius 1 is 1.36 bits per heavy atom. The van der Waals surface area contributed by atoms with E-state index in [2.05, 4.69) is 27.8 Å². The van der Waals surface area contributed by atoms with E-state index in [9.17, 15) is 0 Å². The Morgan fingerprint density at radius 3 is 2.36 bits per heavy atom. The lowest BCUT2D eigenvalue weighted by Crippen LogP contribution is -2.04. The van der Waals surface area contributed by atoms with E-state index in [0.717, 1.165) is 10.9 Å². The van der Waals surface area contributed by atoms with E-state index in [-0.39, 0.29) is 0 Å². The molecule has 0 radical (unpaired) electrons. The van der Waals surface area contributed by atoms with E-state index in [1.807, 2.05) is 12.2 Å². The van der Waals surface area contributed by atoms with Gasteiger partial charge >= 0.3 is 0 Å². The fourth-order valence-corrected chi connectivity index (χ4v) is 1.47. The number of nitrogens with zero attached hydrogens (tertiary/aromatic N) is 1. The van der Waals surface area contributed by atoms with Gasteiger partial charge in [-0.3, -0.25) is 4.99 Å². The molecule has 0 aromatic heterocycles. The topological polar surface area (TPSA) is 30.8 Å². The molecule has 0 unspecified atom stereocenters. The Bertz CT molecular complexity index is 257. The predicted octanol–water partition coefficient (Wildman–Crippen LogP) is 2.88. The monoisotopic (exact) mass is 261 g/mol. The summed E-state index contributed by atoms with van der Waals surface area (Å²) in [7, 11) is 4.84. The second kappa shape index (κ2) is 7.62. The first-order chi connectivity index (χ1) is 6.71. The van der Waals surface area contributed by atoms with E-state index in [4.69, 9.17) is 9.47 Å². The second-order valence-corrected chi connectivity index (χ2v) is 3.22. The van der Waals surface area contributed by atoms with E-state index < -0.39 is 0 Å². The third-order valence-corrected chi connectivity index (χ3v) is 2.26. The summed E-state index contributed by atoms with van der Waals surface area (Å²) in [5, 5.41) is 0. The Hall–Kier alpha value is -0.770. The Labute approximate surface area is 93.6 Å². The summed E-state index contributed by atoms with van der Waals surface area (Å²) in [4.78, 5) is 3.96. The van der Waals surface area contributed by atoms with Crippen molar-refractivity contribution in [3.63, 3.8) is 0 Å². The minimum Gasteiger partial charge on any atom is -0.495 e. The van der Waals surface area contributed by atoms with Gasteiger partial charge in [-0.25, -0.2) is 0 Å². The first-order valence-corrected chi connectivity index (χ1v) is 5.11. The third kappa shape index (κ3) is 3.96. The Morgan fingerprint density at radius 2 is 2.00 bits per heavy atom. The third-order valence-electron chi connectivity index (χ3n) is 1.53. The van der Waals surface area contributed by atoms with E-state index in [1.54, 1.807) is 21.3 Å². The lowest BCUT2D eigenvalue weighted by molar-refractivity contribution is 0.304. The normalized spacial score (nSPS) is 14.2. The van der Waals surface area contributed by atoms with Crippen LogP contribution in [0.3, 0.4) is 0 Å². The van der Waals surface area contributed by atoms with Gasteiger partial charge in [0, 0.05) is 7.05 Å². The molecule has 0 bridgehead atoms. The van der Waals surface area contributed by atoms with Crippen molar-refractivity contribution >= 4 is 21.8 Å². The molecule has 0 aromatic carbocycles. The first-order valence-electron chi connectivity index (χ1n) is 4.32. The molecule has 0 aliphatic carbocycles. The summed E-state index contributed by atoms with van der Waals surface area (Å²) >= 11 is 3.37. The maximum absolute atomic E-state index is 5.18. The molecule has 0 fully saturated rings. The van der Waals surface area contributed by atoms with Gasteiger partial charge in [-0.2, -0.15) is 0 Å². The van der Waals surface area contributed by atoms with Gasteiger partial charge in [0.05, 0.1) is 14.2 Å². The predicted molar refractivity (Wildman–Crippen MR) is 62.8 cm³/mol. The number of hydrogen-bond donors (Lipinski definition) is 0. The molecule has 80 valence electrons. The van der Waals surface area contributed by atoms with Crippen molar-refractivity contribution in [3.8, 4) is 0 Å². The van der Waals surface area contributed by atoms with Gasteiger partial charge < -0.3 is 9.47 Å². The molecule has 0 saturated heterocycles. The zero-order chi connectivity index (χ0) is 11.0. The molecule has 0 aliphatic rings. The van der Waals surface area contributed by atoms with Crippen LogP contribution in [0, 0.1) is 0 Å². The minimum atomic E-state index is 0.516. The van der Waals surface area contributed by atoms with Crippen LogP contribution < -0.4 is 0 Å². The molecule has 14 heavy (non-hydrogen) atoms. The summed E-state index contributed by atoms with van der Waals surface area (Å²) in [6, 6.07) is 0. The molecule has 0 saturated carbocycles. The molecule has 4 heteroatoms. The molecule has 0 amide bonds. The first kappa shape index (κ1) is 13.2. The zero-order valence-corrected chi connectivity index (χ0v) is 10.6. The molecule has 0 aromatic rings. The largest absolute Gasteiger partial charge is 0.495 e. The summed E-state index contributed by atoms with van der Waals surface area (Å²) < 4.78 is 11.0. The van der Waals surface area contributed by atoms with Crippen LogP contribution in [-0.4, -0.2) is 27.2 Å². The lowest BCUT2D eigenvalue weighted by Gasteiger charge is -2.06. The number of aliphatic imine (C=N–C) groups is 1. The number of allylic oxidation sites excluding steroid dienone is 2. The van der Waals surface area contributed by atoms with Crippen molar-refractivity contribution in [2.24, 2.45) is 4.99 Å². The standard InChI is InChI=1S/C10H16BrNO2/c1-5-6-7-8(13-3)9(11)10(12-2)14-4/h6-7H,5H2,1-4H3/b7-6-,9-8-,12-10?. The van der Waals surface area contributed by atoms with Crippen LogP contribution in [0.5, 0.6) is 0 Å². The summed E-state index contributed by atoms with van der Waals surface area (Å²) in [5.74, 6) is 1.22. The van der Waals surface area contributed by atoms with Crippen molar-refractivity contribution in [1.29, 1.82) is 0 Å². The van der Waals surface area contributed by atoms with Gasteiger partial charge in [0.2, 0.25) is 5.90 Å². The van der Waals surface area contributed by atoms with Gasteiger partial charge in [0.25, 0.3) is 0 Å². The van der Waals surface area contributed by atoms with Crippen molar-refractivity contribution in [3.05, 3.63) is 22.4 Å². The van der Waals surface area contributed by atoms with Crippen LogP contribution in [0.1, 0.15) is 13.3 Å². The highest BCUT2D eigenvalue weighted by molar-refractivity contribution is 9.12. The number of methoxy groups -OCH3 is 2. The molecule has 0 rings (SSSR count). The smallest absolute Gasteiger partial charge is 0.226 e. The van der Waals surface area contributed by atoms with Crippen molar-refractivity contribution in [2.45, 2.75) is 13.3 Å². The van der Waals surface area contributed by atoms with E-state index >= 15 is 0 Å². The van der Waals surface area contributed by atoms with Crippen LogP contribution in [0.15, 0.2) is 27.4 Å². The van der Waals surface area contributed by atoms with Crippen LogP contribution in [0.25, 0.3) is 0 Å². The van der Waals surface area contributed by atoms with Gasteiger partial charge in [-0.05, 0) is 28.4 Å². The van der Waals surface area contributed by atoms with E-state index in [0.29, 0.717) is 11.7 Å². The van der Waals surface area contributed by atoms with Crippen LogP contribution >= 0.6 is 15.9 Å². The van der Waals surface area contributed by atoms with E-state index in [1.165, 1.54) is 0 Å². The molecule has 0 spiro atoms. The number of hydrogen-bond acceptors (Lipinski definition) is 3. The summed E-state index contributed by atoms with van der Waals surface area (Å²) in [5.41, 5.74) is 0. The molecular weight excluding hydrogens is 246 g/mol. The lowest BCUT2D eigenvalue weighted by atomic mass is 10.3. The average Bonchev–Trinajstić information content (AvgIpc) is 2.21. The average molecular weight is 262 g/mol. The molecule has 0 atom stereocenters. The van der Waals surface area contributed by atoms with Crippen molar-refractivity contribution in [2.75, 3.05) is 21.3 Å². The second-order valence-electron chi connectivity index (χ2n) is 2.43.